The third-order valence-electron chi connectivity index (χ3n) is 3.75. The van der Waals surface area contributed by atoms with E-state index in [0.717, 1.165) is 17.7 Å². The van der Waals surface area contributed by atoms with E-state index < -0.39 is 0 Å². The van der Waals surface area contributed by atoms with Crippen LogP contribution < -0.4 is 11.1 Å². The van der Waals surface area contributed by atoms with E-state index in [4.69, 9.17) is 10.2 Å². The number of amides is 1. The summed E-state index contributed by atoms with van der Waals surface area (Å²) in [4.78, 5) is 17.5. The fraction of sp³-hybridized carbons (Fsp3) is 0.467. The first-order chi connectivity index (χ1) is 9.99. The molecule has 0 aliphatic rings. The Labute approximate surface area is 152 Å². The molecule has 0 bridgehead atoms. The molecule has 0 spiro atoms. The van der Waals surface area contributed by atoms with Crippen molar-refractivity contribution in [2.75, 3.05) is 6.54 Å². The Bertz CT molecular complexity index is 610. The minimum atomic E-state index is -0.358. The summed E-state index contributed by atoms with van der Waals surface area (Å²) < 4.78 is 5.31. The van der Waals surface area contributed by atoms with Gasteiger partial charge in [-0.25, -0.2) is 4.98 Å². The Kier molecular flexibility index (Phi) is 8.84. The average Bonchev–Trinajstić information content (AvgIpc) is 3.13. The highest BCUT2D eigenvalue weighted by atomic mass is 35.5. The highest BCUT2D eigenvalue weighted by molar-refractivity contribution is 7.15. The molecule has 0 unspecified atom stereocenters. The summed E-state index contributed by atoms with van der Waals surface area (Å²) in [6.07, 6.45) is 3.23. The number of aromatic nitrogens is 1. The topological polar surface area (TPSA) is 81.1 Å². The molecular formula is C15H23Cl2N3O2S. The highest BCUT2D eigenvalue weighted by Gasteiger charge is 2.23. The van der Waals surface area contributed by atoms with Gasteiger partial charge >= 0.3 is 0 Å². The number of thiazole rings is 1. The standard InChI is InChI=1S/C15H21N3O2S.2ClH/c1-4-15(16,5-2)9-17-13(19)12-10(3)21-14(18-12)11-7-6-8-20-11;;/h6-8H,4-5,9,16H2,1-3H3,(H,17,19);2*1H. The second-order valence-corrected chi connectivity index (χ2v) is 6.36. The van der Waals surface area contributed by atoms with Crippen molar-refractivity contribution in [1.29, 1.82) is 0 Å². The van der Waals surface area contributed by atoms with E-state index in [1.54, 1.807) is 12.3 Å². The predicted molar refractivity (Wildman–Crippen MR) is 98.9 cm³/mol. The molecular weight excluding hydrogens is 357 g/mol. The molecule has 5 nitrogen and oxygen atoms in total. The molecule has 0 saturated carbocycles. The van der Waals surface area contributed by atoms with Gasteiger partial charge in [-0.1, -0.05) is 13.8 Å². The van der Waals surface area contributed by atoms with Crippen LogP contribution in [0.15, 0.2) is 22.8 Å². The Morgan fingerprint density at radius 2 is 2.04 bits per heavy atom. The van der Waals surface area contributed by atoms with Gasteiger partial charge in [0.05, 0.1) is 6.26 Å². The summed E-state index contributed by atoms with van der Waals surface area (Å²) in [5.41, 5.74) is 6.28. The molecule has 3 N–H and O–H groups in total. The van der Waals surface area contributed by atoms with E-state index in [0.29, 0.717) is 23.0 Å². The van der Waals surface area contributed by atoms with E-state index in [1.165, 1.54) is 11.3 Å². The summed E-state index contributed by atoms with van der Waals surface area (Å²) in [7, 11) is 0. The lowest BCUT2D eigenvalue weighted by atomic mass is 9.94. The first-order valence-electron chi connectivity index (χ1n) is 7.07. The minimum Gasteiger partial charge on any atom is -0.462 e. The van der Waals surface area contributed by atoms with Crippen molar-refractivity contribution < 1.29 is 9.21 Å². The monoisotopic (exact) mass is 379 g/mol. The second kappa shape index (κ2) is 9.27. The van der Waals surface area contributed by atoms with Gasteiger partial charge in [0.1, 0.15) is 5.69 Å². The lowest BCUT2D eigenvalue weighted by Gasteiger charge is -2.26. The van der Waals surface area contributed by atoms with Crippen LogP contribution in [-0.4, -0.2) is 23.0 Å². The van der Waals surface area contributed by atoms with Crippen LogP contribution in [0.3, 0.4) is 0 Å². The van der Waals surface area contributed by atoms with Crippen molar-refractivity contribution in [1.82, 2.24) is 10.3 Å². The number of carbonyl (C=O) groups is 1. The Morgan fingerprint density at radius 1 is 1.39 bits per heavy atom. The first kappa shape index (κ1) is 21.9. The summed E-state index contributed by atoms with van der Waals surface area (Å²) >= 11 is 1.45. The molecule has 23 heavy (non-hydrogen) atoms. The fourth-order valence-corrected chi connectivity index (χ4v) is 2.83. The van der Waals surface area contributed by atoms with Crippen molar-refractivity contribution >= 4 is 42.1 Å². The number of aryl methyl sites for hydroxylation is 1. The van der Waals surface area contributed by atoms with Crippen LogP contribution in [0, 0.1) is 6.92 Å². The van der Waals surface area contributed by atoms with E-state index in [9.17, 15) is 4.79 Å². The molecule has 2 heterocycles. The smallest absolute Gasteiger partial charge is 0.271 e. The molecule has 2 rings (SSSR count). The van der Waals surface area contributed by atoms with Gasteiger partial charge in [0.15, 0.2) is 10.8 Å². The highest BCUT2D eigenvalue weighted by Crippen LogP contribution is 2.27. The molecule has 0 aromatic carbocycles. The van der Waals surface area contributed by atoms with Gasteiger partial charge in [-0.2, -0.15) is 0 Å². The molecule has 8 heteroatoms. The number of halogens is 2. The van der Waals surface area contributed by atoms with Gasteiger partial charge in [-0.15, -0.1) is 36.2 Å². The minimum absolute atomic E-state index is 0. The predicted octanol–water partition coefficient (Wildman–Crippen LogP) is 3.80. The van der Waals surface area contributed by atoms with Crippen LogP contribution in [-0.2, 0) is 0 Å². The van der Waals surface area contributed by atoms with Gasteiger partial charge in [-0.05, 0) is 31.9 Å². The number of carbonyl (C=O) groups excluding carboxylic acids is 1. The number of hydrogen-bond donors (Lipinski definition) is 2. The van der Waals surface area contributed by atoms with E-state index in [1.807, 2.05) is 26.8 Å². The Morgan fingerprint density at radius 3 is 2.57 bits per heavy atom. The lowest BCUT2D eigenvalue weighted by molar-refractivity contribution is 0.0937. The fourth-order valence-electron chi connectivity index (χ4n) is 1.95. The molecule has 0 aliphatic carbocycles. The zero-order valence-electron chi connectivity index (χ0n) is 13.4. The van der Waals surface area contributed by atoms with Crippen molar-refractivity contribution in [2.45, 2.75) is 39.2 Å². The number of hydrogen-bond acceptors (Lipinski definition) is 5. The maximum Gasteiger partial charge on any atom is 0.271 e. The molecule has 0 aliphatic heterocycles. The average molecular weight is 380 g/mol. The van der Waals surface area contributed by atoms with Crippen molar-refractivity contribution in [3.8, 4) is 10.8 Å². The third kappa shape index (κ3) is 5.21. The number of nitrogens with one attached hydrogen (secondary N) is 1. The van der Waals surface area contributed by atoms with Gasteiger partial charge in [0.25, 0.3) is 5.91 Å². The first-order valence-corrected chi connectivity index (χ1v) is 7.89. The molecule has 130 valence electrons. The van der Waals surface area contributed by atoms with E-state index in [2.05, 4.69) is 10.3 Å². The normalized spacial score (nSPS) is 10.6. The summed E-state index contributed by atoms with van der Waals surface area (Å²) in [6.45, 7) is 6.39. The zero-order chi connectivity index (χ0) is 15.5. The van der Waals surface area contributed by atoms with E-state index >= 15 is 0 Å². The van der Waals surface area contributed by atoms with Crippen LogP contribution >= 0.6 is 36.2 Å². The SMILES string of the molecule is CCC(N)(CC)CNC(=O)c1nc(-c2ccco2)sc1C.Cl.Cl. The second-order valence-electron chi connectivity index (χ2n) is 5.15. The summed E-state index contributed by atoms with van der Waals surface area (Å²) in [6, 6.07) is 3.64. The van der Waals surface area contributed by atoms with Crippen LogP contribution in [0.1, 0.15) is 42.1 Å². The number of rotatable bonds is 6. The van der Waals surface area contributed by atoms with E-state index in [-0.39, 0.29) is 36.3 Å². The maximum absolute atomic E-state index is 12.3. The molecule has 1 amide bonds. The Balaban J connectivity index is 0.00000242. The molecule has 0 atom stereocenters. The van der Waals surface area contributed by atoms with Gasteiger partial charge in [0.2, 0.25) is 0 Å². The van der Waals surface area contributed by atoms with Gasteiger partial charge in [0, 0.05) is 17.0 Å². The van der Waals surface area contributed by atoms with Crippen LogP contribution in [0.4, 0.5) is 0 Å². The summed E-state index contributed by atoms with van der Waals surface area (Å²) in [5.74, 6) is 0.496. The van der Waals surface area contributed by atoms with Crippen LogP contribution in [0.25, 0.3) is 10.8 Å². The summed E-state index contributed by atoms with van der Waals surface area (Å²) in [5, 5.41) is 3.61. The van der Waals surface area contributed by atoms with Crippen molar-refractivity contribution in [3.63, 3.8) is 0 Å². The molecule has 2 aromatic rings. The number of nitrogens with two attached hydrogens (primary N) is 1. The van der Waals surface area contributed by atoms with Crippen LogP contribution in [0.2, 0.25) is 0 Å². The lowest BCUT2D eigenvalue weighted by Crippen LogP contribution is -2.49. The molecule has 0 saturated heterocycles. The molecule has 2 aromatic heterocycles. The van der Waals surface area contributed by atoms with Gasteiger partial charge < -0.3 is 15.5 Å². The third-order valence-corrected chi connectivity index (χ3v) is 4.74. The molecule has 0 radical (unpaired) electrons. The Hall–Kier alpha value is -1.08. The number of furan rings is 1. The zero-order valence-corrected chi connectivity index (χ0v) is 15.9. The van der Waals surface area contributed by atoms with Crippen molar-refractivity contribution in [2.24, 2.45) is 5.73 Å². The van der Waals surface area contributed by atoms with Gasteiger partial charge in [-0.3, -0.25) is 4.79 Å². The maximum atomic E-state index is 12.3. The quantitative estimate of drug-likeness (QED) is 0.799. The van der Waals surface area contributed by atoms with Crippen LogP contribution in [0.5, 0.6) is 0 Å². The largest absolute Gasteiger partial charge is 0.462 e. The van der Waals surface area contributed by atoms with Crippen molar-refractivity contribution in [3.05, 3.63) is 29.0 Å². The molecule has 0 fully saturated rings. The number of nitrogens with zero attached hydrogens (tertiary/aromatic N) is 1.